The van der Waals surface area contributed by atoms with E-state index in [1.807, 2.05) is 11.3 Å². The van der Waals surface area contributed by atoms with Crippen molar-refractivity contribution in [3.8, 4) is 44.5 Å². The van der Waals surface area contributed by atoms with Crippen molar-refractivity contribution in [2.45, 2.75) is 0 Å². The van der Waals surface area contributed by atoms with Gasteiger partial charge in [-0.1, -0.05) is 152 Å². The summed E-state index contributed by atoms with van der Waals surface area (Å²) in [5.41, 5.74) is 13.1. The Kier molecular flexibility index (Phi) is 7.77. The van der Waals surface area contributed by atoms with Crippen LogP contribution >= 0.6 is 11.3 Å². The summed E-state index contributed by atoms with van der Waals surface area (Å²) < 4.78 is 2.55. The van der Waals surface area contributed by atoms with Gasteiger partial charge in [-0.3, -0.25) is 0 Å². The zero-order chi connectivity index (χ0) is 33.3. The maximum atomic E-state index is 2.44. The van der Waals surface area contributed by atoms with Gasteiger partial charge in [0, 0.05) is 31.5 Å². The van der Waals surface area contributed by atoms with Crippen LogP contribution in [0.2, 0.25) is 0 Å². The van der Waals surface area contributed by atoms with Crippen LogP contribution in [0, 0.1) is 0 Å². The molecule has 9 rings (SSSR count). The summed E-state index contributed by atoms with van der Waals surface area (Å²) in [5.74, 6) is 0. The third-order valence-electron chi connectivity index (χ3n) is 9.47. The lowest BCUT2D eigenvalue weighted by atomic mass is 9.98. The Morgan fingerprint density at radius 1 is 0.300 bits per heavy atom. The third-order valence-corrected chi connectivity index (χ3v) is 10.6. The molecule has 0 fully saturated rings. The highest BCUT2D eigenvalue weighted by Gasteiger charge is 2.21. The SMILES string of the molecule is c1ccc(-c2ccc(N(c3ccc(-c4ccccc4)cc3)c3cc(-c4ccccc4)cc4sc5ccc(-c6ccccc6)cc5c34)cc2)cc1. The van der Waals surface area contributed by atoms with Gasteiger partial charge in [0.25, 0.3) is 0 Å². The summed E-state index contributed by atoms with van der Waals surface area (Å²) >= 11 is 1.87. The van der Waals surface area contributed by atoms with E-state index in [1.54, 1.807) is 0 Å². The highest BCUT2D eigenvalue weighted by atomic mass is 32.1. The molecule has 0 aliphatic carbocycles. The van der Waals surface area contributed by atoms with Gasteiger partial charge in [0.15, 0.2) is 0 Å². The number of fused-ring (bicyclic) bond motifs is 3. The van der Waals surface area contributed by atoms with Gasteiger partial charge in [0.2, 0.25) is 0 Å². The maximum Gasteiger partial charge on any atom is 0.0560 e. The van der Waals surface area contributed by atoms with Gasteiger partial charge in [-0.05, 0) is 93.0 Å². The van der Waals surface area contributed by atoms with E-state index < -0.39 is 0 Å². The van der Waals surface area contributed by atoms with Crippen molar-refractivity contribution < 1.29 is 0 Å². The van der Waals surface area contributed by atoms with E-state index in [0.717, 1.165) is 17.1 Å². The van der Waals surface area contributed by atoms with Crippen molar-refractivity contribution in [2.24, 2.45) is 0 Å². The maximum absolute atomic E-state index is 2.44. The molecular weight excluding hydrogens is 623 g/mol. The van der Waals surface area contributed by atoms with Crippen molar-refractivity contribution >= 4 is 48.6 Å². The predicted molar refractivity (Wildman–Crippen MR) is 216 cm³/mol. The average Bonchev–Trinajstić information content (AvgIpc) is 3.58. The summed E-state index contributed by atoms with van der Waals surface area (Å²) in [6.07, 6.45) is 0. The summed E-state index contributed by atoms with van der Waals surface area (Å²) in [4.78, 5) is 2.44. The first kappa shape index (κ1) is 29.9. The monoisotopic (exact) mass is 655 g/mol. The van der Waals surface area contributed by atoms with Gasteiger partial charge in [-0.15, -0.1) is 11.3 Å². The highest BCUT2D eigenvalue weighted by molar-refractivity contribution is 7.26. The van der Waals surface area contributed by atoms with E-state index in [9.17, 15) is 0 Å². The number of thiophene rings is 1. The molecule has 0 atom stereocenters. The fourth-order valence-corrected chi connectivity index (χ4v) is 8.11. The molecule has 1 nitrogen and oxygen atoms in total. The second-order valence-corrected chi connectivity index (χ2v) is 13.7. The zero-order valence-corrected chi connectivity index (χ0v) is 28.2. The lowest BCUT2D eigenvalue weighted by Crippen LogP contribution is -2.10. The lowest BCUT2D eigenvalue weighted by Gasteiger charge is -2.27. The lowest BCUT2D eigenvalue weighted by molar-refractivity contribution is 1.30. The molecule has 0 saturated heterocycles. The van der Waals surface area contributed by atoms with E-state index in [1.165, 1.54) is 64.7 Å². The van der Waals surface area contributed by atoms with Crippen LogP contribution in [0.25, 0.3) is 64.7 Å². The molecular formula is C48H33NS. The van der Waals surface area contributed by atoms with Crippen molar-refractivity contribution in [3.05, 3.63) is 200 Å². The Hall–Kier alpha value is -6.22. The van der Waals surface area contributed by atoms with Crippen LogP contribution in [0.1, 0.15) is 0 Å². The first-order chi connectivity index (χ1) is 24.8. The van der Waals surface area contributed by atoms with E-state index in [2.05, 4.69) is 205 Å². The molecule has 0 bridgehead atoms. The van der Waals surface area contributed by atoms with Crippen molar-refractivity contribution in [3.63, 3.8) is 0 Å². The van der Waals surface area contributed by atoms with E-state index >= 15 is 0 Å². The third kappa shape index (κ3) is 5.66. The predicted octanol–water partition coefficient (Wildman–Crippen LogP) is 14.2. The van der Waals surface area contributed by atoms with Crippen LogP contribution in [0.3, 0.4) is 0 Å². The van der Waals surface area contributed by atoms with Crippen LogP contribution in [0.5, 0.6) is 0 Å². The molecule has 0 spiro atoms. The molecule has 0 unspecified atom stereocenters. The molecule has 1 aromatic heterocycles. The number of rotatable bonds is 7. The molecule has 236 valence electrons. The summed E-state index contributed by atoms with van der Waals surface area (Å²) in [6, 6.07) is 72.4. The van der Waals surface area contributed by atoms with Crippen molar-refractivity contribution in [2.75, 3.05) is 4.90 Å². The van der Waals surface area contributed by atoms with Crippen LogP contribution in [0.15, 0.2) is 200 Å². The van der Waals surface area contributed by atoms with Crippen molar-refractivity contribution in [1.29, 1.82) is 0 Å². The van der Waals surface area contributed by atoms with Crippen LogP contribution in [-0.4, -0.2) is 0 Å². The average molecular weight is 656 g/mol. The molecule has 0 aliphatic heterocycles. The van der Waals surface area contributed by atoms with Gasteiger partial charge < -0.3 is 4.90 Å². The fourth-order valence-electron chi connectivity index (χ4n) is 6.96. The largest absolute Gasteiger partial charge is 0.310 e. The number of hydrogen-bond donors (Lipinski definition) is 0. The molecule has 0 saturated carbocycles. The van der Waals surface area contributed by atoms with Crippen molar-refractivity contribution in [1.82, 2.24) is 0 Å². The molecule has 0 N–H and O–H groups in total. The van der Waals surface area contributed by atoms with Gasteiger partial charge in [-0.2, -0.15) is 0 Å². The van der Waals surface area contributed by atoms with E-state index in [4.69, 9.17) is 0 Å². The van der Waals surface area contributed by atoms with Gasteiger partial charge >= 0.3 is 0 Å². The van der Waals surface area contributed by atoms with Gasteiger partial charge in [0.1, 0.15) is 0 Å². The molecule has 9 aromatic rings. The van der Waals surface area contributed by atoms with E-state index in [0.29, 0.717) is 0 Å². The second-order valence-electron chi connectivity index (χ2n) is 12.6. The molecule has 0 aliphatic rings. The topological polar surface area (TPSA) is 3.24 Å². The minimum absolute atomic E-state index is 1.11. The zero-order valence-electron chi connectivity index (χ0n) is 27.4. The second kappa shape index (κ2) is 13.0. The Morgan fingerprint density at radius 3 is 1.18 bits per heavy atom. The number of nitrogens with zero attached hydrogens (tertiary/aromatic N) is 1. The Labute approximate surface area is 297 Å². The highest BCUT2D eigenvalue weighted by Crippen LogP contribution is 2.48. The normalized spacial score (nSPS) is 11.2. The van der Waals surface area contributed by atoms with E-state index in [-0.39, 0.29) is 0 Å². The smallest absolute Gasteiger partial charge is 0.0560 e. The number of hydrogen-bond acceptors (Lipinski definition) is 2. The molecule has 8 aromatic carbocycles. The molecule has 0 amide bonds. The first-order valence-corrected chi connectivity index (χ1v) is 17.8. The molecule has 1 heterocycles. The summed E-state index contributed by atoms with van der Waals surface area (Å²) in [7, 11) is 0. The van der Waals surface area contributed by atoms with Crippen LogP contribution in [-0.2, 0) is 0 Å². The summed E-state index contributed by atoms with van der Waals surface area (Å²) in [5, 5.41) is 2.54. The molecule has 0 radical (unpaired) electrons. The summed E-state index contributed by atoms with van der Waals surface area (Å²) in [6.45, 7) is 0. The first-order valence-electron chi connectivity index (χ1n) is 17.0. The van der Waals surface area contributed by atoms with Gasteiger partial charge in [0.05, 0.1) is 5.69 Å². The minimum Gasteiger partial charge on any atom is -0.310 e. The Bertz CT molecular complexity index is 2450. The molecule has 50 heavy (non-hydrogen) atoms. The van der Waals surface area contributed by atoms with Crippen LogP contribution < -0.4 is 4.90 Å². The number of benzene rings is 8. The Balaban J connectivity index is 1.29. The standard InChI is InChI=1S/C48H33NS/c1-5-13-34(14-6-1)38-21-26-42(27-22-38)49(43-28-23-39(24-29-43)35-15-7-2-8-16-35)45-32-41(37-19-11-4-12-20-37)33-47-48(45)44-31-40(25-30-46(44)50-47)36-17-9-3-10-18-36/h1-33H. The minimum atomic E-state index is 1.11. The van der Waals surface area contributed by atoms with Crippen LogP contribution in [0.4, 0.5) is 17.1 Å². The fraction of sp³-hybridized carbons (Fsp3) is 0. The van der Waals surface area contributed by atoms with Gasteiger partial charge in [-0.25, -0.2) is 0 Å². The Morgan fingerprint density at radius 2 is 0.700 bits per heavy atom. The quantitative estimate of drug-likeness (QED) is 0.165. The number of anilines is 3. The molecule has 2 heteroatoms.